The zero-order valence-corrected chi connectivity index (χ0v) is 76.3. The molecule has 3 heterocycles. The number of aromatic carboxylic acids is 3. The molecule has 0 aliphatic carbocycles. The van der Waals surface area contributed by atoms with E-state index in [2.05, 4.69) is 0 Å². The van der Waals surface area contributed by atoms with Crippen LogP contribution in [0, 0.1) is 41.5 Å². The molecule has 0 spiro atoms. The number of esters is 3. The normalized spacial score (nSPS) is 11.8. The summed E-state index contributed by atoms with van der Waals surface area (Å²) in [7, 11) is -15.1. The molecule has 9 aromatic carbocycles. The van der Waals surface area contributed by atoms with Gasteiger partial charge in [0.15, 0.2) is 31.1 Å². The van der Waals surface area contributed by atoms with Gasteiger partial charge in [0.05, 0.1) is 165 Å². The highest BCUT2D eigenvalue weighted by atomic mass is 32.2. The number of fused-ring (bicyclic) bond motifs is 6. The van der Waals surface area contributed by atoms with Crippen molar-refractivity contribution in [3.05, 3.63) is 206 Å². The van der Waals surface area contributed by atoms with Gasteiger partial charge in [-0.15, -0.1) is 0 Å². The van der Waals surface area contributed by atoms with E-state index in [0.29, 0.717) is 117 Å². The van der Waals surface area contributed by atoms with Gasteiger partial charge in [-0.05, 0) is 191 Å². The van der Waals surface area contributed by atoms with Crippen molar-refractivity contribution in [3.8, 4) is 57.5 Å². The molecule has 0 atom stereocenters. The van der Waals surface area contributed by atoms with Crippen molar-refractivity contribution >= 4 is 152 Å². The number of hydrogen-bond acceptors (Lipinski definition) is 31. The number of aryl methyl sites for hydroxylation is 9. The third-order valence-electron chi connectivity index (χ3n) is 20.6. The van der Waals surface area contributed by atoms with Gasteiger partial charge in [-0.25, -0.2) is 70.9 Å². The molecule has 42 heteroatoms. The average Bonchev–Trinajstić information content (AvgIpc) is 0.751. The minimum absolute atomic E-state index is 0.0121. The third kappa shape index (κ3) is 25.1. The fourth-order valence-electron chi connectivity index (χ4n) is 15.1. The van der Waals surface area contributed by atoms with E-state index in [-0.39, 0.29) is 138 Å². The molecule has 0 bridgehead atoms. The molecular weight excluding hydrogens is 1820 g/mol. The number of aromatic nitrogens is 3. The standard InChI is InChI=1S/C32H35NO15S3.C29H29NO10S.C28H27NO9S/c1-20-16-22(31(34)35)17-21(2)30(20)48-32(36)29-25-18-23(46-11-4-14-50(40,41)42)6-8-27(25)33(10-3-13-49(37,38)39)28-9-7-24(19-26(28)29)47-12-5-15-51(43,44)45;1-16-11-18(28(31)32)12-17(2)27(16)40-29(33)25-21-13-19(37-3)7-8-23(21)30(9-6-10-41(34,35)36)26-22(25)14-20(38-4)15-24(26)39-5;1-16-13-18(27(30)31)14-17(2)26(16)38-28(32)24-20-7-5-8-23(37-4)25(20)29(11-6-12-39(33,34)35)22-10-9-19(36-3)15-21(22)24/h6-9,16-19H,3-5,10-15H2,1-2H3,(H3-,34,35,37,38,39,40,41,42,43,44,45);7-8,11-15H,6,9-10H2,1-5H3,(H-,31,32,34,35,36);5,7-10,13-15H,6,11-12H2,1-4H3,(H-,30,31,33,34,35)/p-2. The van der Waals surface area contributed by atoms with Crippen molar-refractivity contribution in [2.24, 2.45) is 0 Å². The highest BCUT2D eigenvalue weighted by molar-refractivity contribution is 7.86. The second-order valence-corrected chi connectivity index (χ2v) is 37.6. The number of hydrogen-bond donors (Lipinski definition) is 3. The Hall–Kier alpha value is -13.0. The molecule has 696 valence electrons. The van der Waals surface area contributed by atoms with Gasteiger partial charge >= 0.3 is 35.8 Å². The lowest BCUT2D eigenvalue weighted by atomic mass is 10.00. The maximum Gasteiger partial charge on any atom is 0.345 e. The summed E-state index contributed by atoms with van der Waals surface area (Å²) in [5.41, 5.74) is 5.82. The Kier molecular flexibility index (Phi) is 31.9. The van der Waals surface area contributed by atoms with Crippen LogP contribution in [0.5, 0.6) is 57.5 Å². The number of carboxylic acid groups (broad SMARTS) is 3. The highest BCUT2D eigenvalue weighted by Crippen LogP contribution is 2.41. The highest BCUT2D eigenvalue weighted by Gasteiger charge is 2.35. The quantitative estimate of drug-likeness (QED) is 0.00820. The zero-order valence-electron chi connectivity index (χ0n) is 72.3. The van der Waals surface area contributed by atoms with E-state index in [4.69, 9.17) is 47.4 Å². The molecular formula is C89H89N3O34S5-2. The van der Waals surface area contributed by atoms with Gasteiger partial charge in [0.1, 0.15) is 46.0 Å². The summed E-state index contributed by atoms with van der Waals surface area (Å²) in [6.07, 6.45) is -0.301. The van der Waals surface area contributed by atoms with E-state index < -0.39 is 115 Å². The summed E-state index contributed by atoms with van der Waals surface area (Å²) in [6.45, 7) is 9.65. The Morgan fingerprint density at radius 3 is 0.893 bits per heavy atom. The number of carbonyl (C=O) groups excluding carboxylic acids is 3. The maximum absolute atomic E-state index is 14.2. The molecule has 0 saturated carbocycles. The van der Waals surface area contributed by atoms with Crippen molar-refractivity contribution in [1.29, 1.82) is 0 Å². The van der Waals surface area contributed by atoms with Crippen molar-refractivity contribution in [3.63, 3.8) is 0 Å². The van der Waals surface area contributed by atoms with Gasteiger partial charge in [-0.2, -0.15) is 13.7 Å². The van der Waals surface area contributed by atoms with E-state index in [1.807, 2.05) is 4.57 Å². The Morgan fingerprint density at radius 1 is 0.305 bits per heavy atom. The lowest BCUT2D eigenvalue weighted by molar-refractivity contribution is -0.645. The molecule has 0 unspecified atom stereocenters. The summed E-state index contributed by atoms with van der Waals surface area (Å²) in [4.78, 5) is 76.7. The Labute approximate surface area is 751 Å². The van der Waals surface area contributed by atoms with Crippen LogP contribution in [0.4, 0.5) is 0 Å². The number of carboxylic acids is 3. The first-order valence-electron chi connectivity index (χ1n) is 39.7. The van der Waals surface area contributed by atoms with Crippen LogP contribution in [-0.2, 0) is 70.2 Å². The van der Waals surface area contributed by atoms with E-state index >= 15 is 0 Å². The Balaban J connectivity index is 0.000000206. The summed E-state index contributed by atoms with van der Waals surface area (Å²) in [6, 6.07) is 36.0. The molecule has 37 nitrogen and oxygen atoms in total. The molecule has 12 rings (SSSR count). The van der Waals surface area contributed by atoms with Crippen LogP contribution in [0.3, 0.4) is 0 Å². The molecule has 131 heavy (non-hydrogen) atoms. The smallest absolute Gasteiger partial charge is 0.345 e. The van der Waals surface area contributed by atoms with Gasteiger partial charge in [-0.3, -0.25) is 0 Å². The second-order valence-electron chi connectivity index (χ2n) is 30.0. The van der Waals surface area contributed by atoms with Crippen LogP contribution in [-0.4, -0.2) is 194 Å². The van der Waals surface area contributed by atoms with Crippen LogP contribution >= 0.6 is 0 Å². The van der Waals surface area contributed by atoms with E-state index in [1.54, 1.807) is 130 Å². The Bertz CT molecular complexity index is 7010. The van der Waals surface area contributed by atoms with Crippen molar-refractivity contribution in [2.75, 3.05) is 77.5 Å². The van der Waals surface area contributed by atoms with Crippen LogP contribution in [0.2, 0.25) is 0 Å². The molecule has 0 fully saturated rings. The van der Waals surface area contributed by atoms with E-state index in [9.17, 15) is 109 Å². The fourth-order valence-corrected chi connectivity index (χ4v) is 17.5. The van der Waals surface area contributed by atoms with Crippen molar-refractivity contribution in [1.82, 2.24) is 0 Å². The first kappa shape index (κ1) is 100. The molecule has 0 amide bonds. The lowest BCUT2D eigenvalue weighted by Crippen LogP contribution is -2.38. The summed E-state index contributed by atoms with van der Waals surface area (Å²) >= 11 is 0. The third-order valence-corrected chi connectivity index (χ3v) is 24.6. The Morgan fingerprint density at radius 2 is 0.580 bits per heavy atom. The molecule has 3 aromatic heterocycles. The average molecular weight is 1910 g/mol. The largest absolute Gasteiger partial charge is 0.748 e. The summed E-state index contributed by atoms with van der Waals surface area (Å²) in [5.74, 6) is -5.89. The van der Waals surface area contributed by atoms with Crippen molar-refractivity contribution in [2.45, 2.75) is 93.3 Å². The predicted molar refractivity (Wildman–Crippen MR) is 468 cm³/mol. The van der Waals surface area contributed by atoms with Crippen LogP contribution in [0.25, 0.3) is 65.4 Å². The zero-order chi connectivity index (χ0) is 96.3. The first-order valence-corrected chi connectivity index (χ1v) is 47.6. The number of ether oxygens (including phenoxy) is 10. The summed E-state index contributed by atoms with van der Waals surface area (Å²) < 4.78 is 230. The number of para-hydroxylation sites is 1. The first-order chi connectivity index (χ1) is 61.5. The lowest BCUT2D eigenvalue weighted by Gasteiger charge is -2.17. The number of carbonyl (C=O) groups is 6. The minimum Gasteiger partial charge on any atom is -0.748 e. The van der Waals surface area contributed by atoms with Gasteiger partial charge < -0.3 is 85.5 Å². The second kappa shape index (κ2) is 41.8. The number of methoxy groups -OCH3 is 5. The number of pyridine rings is 3. The molecule has 3 N–H and O–H groups in total. The topological polar surface area (TPSA) is 553 Å². The van der Waals surface area contributed by atoms with E-state index in [0.717, 1.165) is 0 Å². The van der Waals surface area contributed by atoms with Gasteiger partial charge in [-0.1, -0.05) is 6.07 Å². The number of benzene rings is 9. The van der Waals surface area contributed by atoms with Crippen LogP contribution in [0.15, 0.2) is 140 Å². The van der Waals surface area contributed by atoms with E-state index in [1.165, 1.54) is 96.2 Å². The monoisotopic (exact) mass is 1900 g/mol. The van der Waals surface area contributed by atoms with Gasteiger partial charge in [0.25, 0.3) is 11.0 Å². The van der Waals surface area contributed by atoms with Crippen LogP contribution in [0.1, 0.15) is 128 Å². The minimum atomic E-state index is -4.58. The van der Waals surface area contributed by atoms with Crippen molar-refractivity contribution < 1.29 is 170 Å². The van der Waals surface area contributed by atoms with Gasteiger partial charge in [0, 0.05) is 78.4 Å². The predicted octanol–water partition coefficient (Wildman–Crippen LogP) is 9.92. The van der Waals surface area contributed by atoms with Crippen LogP contribution < -0.4 is 61.1 Å². The van der Waals surface area contributed by atoms with Gasteiger partial charge in [0.2, 0.25) is 22.1 Å². The summed E-state index contributed by atoms with van der Waals surface area (Å²) in [5, 5.41) is 30.4. The number of rotatable bonds is 36. The SMILES string of the molecule is COc1ccc2c(c1)c(C(=O)Oc1c(C)cc(C(=O)O)cc1C)c1cc(OC)cc(OC)c1[n+]2CCCS(=O)(=O)[O-].COc1ccc2c(c1)c(C(=O)Oc1c(C)cc(C(=O)O)cc1C)c1cccc(OC)c1[n+]2CCCS(=O)(=O)[O-].Cc1cc(C(=O)O)cc(C)c1OC(=O)c1c2cc(OCCCS(=O)(=O)[O-])ccc2[n+](CCCS(=O)(=O)[O-])c2ccc(OCCCS(=O)(=O)[O-])cc12. The number of nitrogens with zero attached hydrogens (tertiary/aromatic N) is 3. The fraction of sp³-hybridized carbons (Fsp3) is 0.292. The molecule has 0 radical (unpaired) electrons. The molecule has 12 aromatic rings. The molecule has 0 saturated heterocycles. The maximum atomic E-state index is 14.2. The molecule has 0 aliphatic heterocycles. The molecule has 0 aliphatic rings.